The van der Waals surface area contributed by atoms with Gasteiger partial charge in [-0.2, -0.15) is 5.10 Å². The van der Waals surface area contributed by atoms with Crippen molar-refractivity contribution in [3.05, 3.63) is 54.5 Å². The van der Waals surface area contributed by atoms with Crippen LogP contribution in [0.25, 0.3) is 0 Å². The molecule has 1 amide bonds. The minimum atomic E-state index is -0.321. The van der Waals surface area contributed by atoms with E-state index in [1.54, 1.807) is 18.2 Å². The third-order valence-corrected chi connectivity index (χ3v) is 2.06. The second-order valence-corrected chi connectivity index (χ2v) is 3.45. The third-order valence-electron chi connectivity index (χ3n) is 2.06. The van der Waals surface area contributed by atoms with Crippen molar-refractivity contribution in [3.63, 3.8) is 0 Å². The van der Waals surface area contributed by atoms with Crippen molar-refractivity contribution < 1.29 is 13.9 Å². The van der Waals surface area contributed by atoms with Gasteiger partial charge < -0.3 is 9.15 Å². The summed E-state index contributed by atoms with van der Waals surface area (Å²) >= 11 is 0. The molecular formula is C13H12N2O3. The van der Waals surface area contributed by atoms with Crippen LogP contribution in [0.15, 0.2) is 58.4 Å². The monoisotopic (exact) mass is 244 g/mol. The van der Waals surface area contributed by atoms with Crippen molar-refractivity contribution in [1.29, 1.82) is 0 Å². The molecule has 18 heavy (non-hydrogen) atoms. The Kier molecular flexibility index (Phi) is 4.13. The molecule has 0 atom stereocenters. The number of carbonyl (C=O) groups excluding carboxylic acids is 1. The Balaban J connectivity index is 1.73. The van der Waals surface area contributed by atoms with Gasteiger partial charge in [0.1, 0.15) is 5.75 Å². The van der Waals surface area contributed by atoms with E-state index in [-0.39, 0.29) is 12.5 Å². The quantitative estimate of drug-likeness (QED) is 0.644. The summed E-state index contributed by atoms with van der Waals surface area (Å²) in [4.78, 5) is 11.4. The summed E-state index contributed by atoms with van der Waals surface area (Å²) in [5.41, 5.74) is 3.13. The lowest BCUT2D eigenvalue weighted by molar-refractivity contribution is -0.123. The van der Waals surface area contributed by atoms with E-state index in [0.717, 1.165) is 5.56 Å². The molecule has 1 N–H and O–H groups in total. The maximum absolute atomic E-state index is 11.4. The predicted molar refractivity (Wildman–Crippen MR) is 66.4 cm³/mol. The highest BCUT2D eigenvalue weighted by Crippen LogP contribution is 2.07. The average molecular weight is 244 g/mol. The summed E-state index contributed by atoms with van der Waals surface area (Å²) in [6, 6.07) is 10.8. The molecule has 92 valence electrons. The molecule has 5 nitrogen and oxygen atoms in total. The molecule has 0 unspecified atom stereocenters. The molecule has 0 spiro atoms. The van der Waals surface area contributed by atoms with Crippen LogP contribution >= 0.6 is 0 Å². The number of rotatable bonds is 5. The Morgan fingerprint density at radius 3 is 2.89 bits per heavy atom. The molecule has 0 bridgehead atoms. The van der Waals surface area contributed by atoms with E-state index >= 15 is 0 Å². The van der Waals surface area contributed by atoms with E-state index in [2.05, 4.69) is 10.5 Å². The maximum Gasteiger partial charge on any atom is 0.277 e. The minimum Gasteiger partial charge on any atom is -0.484 e. The van der Waals surface area contributed by atoms with Crippen LogP contribution in [0.2, 0.25) is 0 Å². The molecule has 1 aromatic heterocycles. The van der Waals surface area contributed by atoms with Gasteiger partial charge in [0.05, 0.1) is 18.7 Å². The standard InChI is InChI=1S/C13H12N2O3/c16-13(10-18-12-4-2-1-3-5-12)15-14-8-11-6-7-17-9-11/h1-9H,10H2,(H,15,16). The number of hydrogen-bond acceptors (Lipinski definition) is 4. The smallest absolute Gasteiger partial charge is 0.277 e. The first kappa shape index (κ1) is 11.9. The Morgan fingerprint density at radius 1 is 1.33 bits per heavy atom. The molecule has 2 rings (SSSR count). The van der Waals surface area contributed by atoms with Crippen LogP contribution in [0.4, 0.5) is 0 Å². The van der Waals surface area contributed by atoms with Gasteiger partial charge in [0, 0.05) is 5.56 Å². The van der Waals surface area contributed by atoms with Gasteiger partial charge in [-0.05, 0) is 18.2 Å². The van der Waals surface area contributed by atoms with Gasteiger partial charge in [-0.25, -0.2) is 5.43 Å². The first-order valence-corrected chi connectivity index (χ1v) is 5.36. The van der Waals surface area contributed by atoms with Crippen LogP contribution in [-0.2, 0) is 4.79 Å². The highest BCUT2D eigenvalue weighted by atomic mass is 16.5. The van der Waals surface area contributed by atoms with Crippen molar-refractivity contribution in [1.82, 2.24) is 5.43 Å². The Bertz CT molecular complexity index is 506. The number of hydrazone groups is 1. The first-order valence-electron chi connectivity index (χ1n) is 5.36. The lowest BCUT2D eigenvalue weighted by atomic mass is 10.3. The second kappa shape index (κ2) is 6.24. The van der Waals surface area contributed by atoms with Gasteiger partial charge in [0.15, 0.2) is 6.61 Å². The lowest BCUT2D eigenvalue weighted by Crippen LogP contribution is -2.24. The maximum atomic E-state index is 11.4. The van der Waals surface area contributed by atoms with Crippen LogP contribution in [0.5, 0.6) is 5.75 Å². The van der Waals surface area contributed by atoms with Crippen molar-refractivity contribution >= 4 is 12.1 Å². The zero-order chi connectivity index (χ0) is 12.6. The van der Waals surface area contributed by atoms with Gasteiger partial charge in [0.25, 0.3) is 5.91 Å². The van der Waals surface area contributed by atoms with E-state index in [0.29, 0.717) is 5.75 Å². The molecule has 0 fully saturated rings. The fourth-order valence-corrected chi connectivity index (χ4v) is 1.23. The number of furan rings is 1. The molecule has 0 aliphatic rings. The molecule has 0 saturated heterocycles. The fourth-order valence-electron chi connectivity index (χ4n) is 1.23. The number of ether oxygens (including phenoxy) is 1. The second-order valence-electron chi connectivity index (χ2n) is 3.45. The van der Waals surface area contributed by atoms with E-state index in [4.69, 9.17) is 9.15 Å². The van der Waals surface area contributed by atoms with Crippen molar-refractivity contribution in [2.45, 2.75) is 0 Å². The fraction of sp³-hybridized carbons (Fsp3) is 0.0769. The van der Waals surface area contributed by atoms with E-state index in [1.807, 2.05) is 18.2 Å². The number of hydrogen-bond donors (Lipinski definition) is 1. The van der Waals surface area contributed by atoms with E-state index < -0.39 is 0 Å². The lowest BCUT2D eigenvalue weighted by Gasteiger charge is -2.03. The summed E-state index contributed by atoms with van der Waals surface area (Å²) < 4.78 is 10.1. The highest BCUT2D eigenvalue weighted by Gasteiger charge is 2.00. The highest BCUT2D eigenvalue weighted by molar-refractivity contribution is 5.82. The predicted octanol–water partition coefficient (Wildman–Crippen LogP) is 1.81. The number of nitrogens with one attached hydrogen (secondary N) is 1. The third kappa shape index (κ3) is 3.79. The average Bonchev–Trinajstić information content (AvgIpc) is 2.91. The minimum absolute atomic E-state index is 0.0766. The van der Waals surface area contributed by atoms with Crippen LogP contribution in [0, 0.1) is 0 Å². The molecule has 0 saturated carbocycles. The van der Waals surface area contributed by atoms with Crippen LogP contribution in [-0.4, -0.2) is 18.7 Å². The summed E-state index contributed by atoms with van der Waals surface area (Å²) in [5.74, 6) is 0.324. The van der Waals surface area contributed by atoms with Crippen molar-refractivity contribution in [3.8, 4) is 5.75 Å². The van der Waals surface area contributed by atoms with E-state index in [1.165, 1.54) is 18.7 Å². The number of benzene rings is 1. The van der Waals surface area contributed by atoms with Gasteiger partial charge in [-0.15, -0.1) is 0 Å². The van der Waals surface area contributed by atoms with Crippen molar-refractivity contribution in [2.24, 2.45) is 5.10 Å². The van der Waals surface area contributed by atoms with Crippen LogP contribution in [0.3, 0.4) is 0 Å². The summed E-state index contributed by atoms with van der Waals surface area (Å²) in [6.45, 7) is -0.0766. The SMILES string of the molecule is O=C(COc1ccccc1)NN=Cc1ccoc1. The number of carbonyl (C=O) groups is 1. The zero-order valence-electron chi connectivity index (χ0n) is 9.58. The topological polar surface area (TPSA) is 63.8 Å². The molecule has 0 radical (unpaired) electrons. The number of para-hydroxylation sites is 1. The van der Waals surface area contributed by atoms with E-state index in [9.17, 15) is 4.79 Å². The van der Waals surface area contributed by atoms with Gasteiger partial charge >= 0.3 is 0 Å². The summed E-state index contributed by atoms with van der Waals surface area (Å²) in [6.07, 6.45) is 4.54. The molecule has 1 aromatic carbocycles. The number of nitrogens with zero attached hydrogens (tertiary/aromatic N) is 1. The molecule has 5 heteroatoms. The molecular weight excluding hydrogens is 232 g/mol. The molecule has 1 heterocycles. The zero-order valence-corrected chi connectivity index (χ0v) is 9.58. The molecule has 0 aliphatic carbocycles. The van der Waals surface area contributed by atoms with Gasteiger partial charge in [-0.3, -0.25) is 4.79 Å². The Hall–Kier alpha value is -2.56. The first-order chi connectivity index (χ1) is 8.84. The van der Waals surface area contributed by atoms with Gasteiger partial charge in [0.2, 0.25) is 0 Å². The van der Waals surface area contributed by atoms with Crippen LogP contribution in [0.1, 0.15) is 5.56 Å². The molecule has 2 aromatic rings. The van der Waals surface area contributed by atoms with Gasteiger partial charge in [-0.1, -0.05) is 18.2 Å². The number of amides is 1. The van der Waals surface area contributed by atoms with Crippen molar-refractivity contribution in [2.75, 3.05) is 6.61 Å². The Labute approximate surface area is 104 Å². The van der Waals surface area contributed by atoms with Crippen LogP contribution < -0.4 is 10.2 Å². The molecule has 0 aliphatic heterocycles. The normalized spacial score (nSPS) is 10.4. The summed E-state index contributed by atoms with van der Waals surface area (Å²) in [5, 5.41) is 3.76. The summed E-state index contributed by atoms with van der Waals surface area (Å²) in [7, 11) is 0. The largest absolute Gasteiger partial charge is 0.484 e. The Morgan fingerprint density at radius 2 is 2.17 bits per heavy atom.